The van der Waals surface area contributed by atoms with Crippen molar-refractivity contribution < 1.29 is 29.0 Å². The summed E-state index contributed by atoms with van der Waals surface area (Å²) in [6.07, 6.45) is -0.913. The van der Waals surface area contributed by atoms with Crippen LogP contribution in [0.3, 0.4) is 0 Å². The second-order valence-electron chi connectivity index (χ2n) is 5.08. The first-order valence-corrected chi connectivity index (χ1v) is 5.57. The summed E-state index contributed by atoms with van der Waals surface area (Å²) in [5.41, 5.74) is -0.683. The van der Waals surface area contributed by atoms with Crippen molar-refractivity contribution in [3.63, 3.8) is 0 Å². The van der Waals surface area contributed by atoms with Crippen LogP contribution >= 0.6 is 0 Å². The van der Waals surface area contributed by atoms with Crippen molar-refractivity contribution in [2.45, 2.75) is 38.8 Å². The Hall–Kier alpha value is -1.79. The highest BCUT2D eigenvalue weighted by molar-refractivity contribution is 5.79. The summed E-state index contributed by atoms with van der Waals surface area (Å²) >= 11 is 0. The Morgan fingerprint density at radius 3 is 2.56 bits per heavy atom. The molecule has 0 aromatic rings. The lowest BCUT2D eigenvalue weighted by molar-refractivity contribution is -0.159. The quantitative estimate of drug-likeness (QED) is 0.701. The molecule has 0 aliphatic carbocycles. The van der Waals surface area contributed by atoms with Gasteiger partial charge in [-0.3, -0.25) is 9.59 Å². The molecule has 1 fully saturated rings. The van der Waals surface area contributed by atoms with Gasteiger partial charge in [0.25, 0.3) is 0 Å². The summed E-state index contributed by atoms with van der Waals surface area (Å²) in [7, 11) is 0. The monoisotopic (exact) mass is 259 g/mol. The van der Waals surface area contributed by atoms with Gasteiger partial charge in [-0.1, -0.05) is 0 Å². The number of hydrogen-bond donors (Lipinski definition) is 2. The van der Waals surface area contributed by atoms with Crippen molar-refractivity contribution in [3.05, 3.63) is 0 Å². The molecule has 2 N–H and O–H groups in total. The van der Waals surface area contributed by atoms with E-state index in [9.17, 15) is 14.4 Å². The minimum absolute atomic E-state index is 0.170. The van der Waals surface area contributed by atoms with Crippen molar-refractivity contribution in [3.8, 4) is 0 Å². The molecule has 7 nitrogen and oxygen atoms in total. The van der Waals surface area contributed by atoms with Crippen LogP contribution in [0.2, 0.25) is 0 Å². The molecule has 1 aliphatic heterocycles. The number of esters is 1. The lowest BCUT2D eigenvalue weighted by Crippen LogP contribution is -2.50. The van der Waals surface area contributed by atoms with Gasteiger partial charge in [-0.15, -0.1) is 0 Å². The lowest BCUT2D eigenvalue weighted by Gasteiger charge is -2.29. The van der Waals surface area contributed by atoms with Gasteiger partial charge in [0.2, 0.25) is 0 Å². The SMILES string of the molecule is CC(C)(C)OC(=O)N[C@@H]1CC(=O)OC[C@H]1C(=O)O. The van der Waals surface area contributed by atoms with E-state index >= 15 is 0 Å². The highest BCUT2D eigenvalue weighted by Gasteiger charge is 2.37. The van der Waals surface area contributed by atoms with E-state index < -0.39 is 35.6 Å². The van der Waals surface area contributed by atoms with Crippen LogP contribution in [-0.4, -0.2) is 41.4 Å². The molecule has 0 radical (unpaired) electrons. The van der Waals surface area contributed by atoms with Gasteiger partial charge in [-0.05, 0) is 20.8 Å². The summed E-state index contributed by atoms with van der Waals surface area (Å²) < 4.78 is 9.66. The van der Waals surface area contributed by atoms with Crippen molar-refractivity contribution >= 4 is 18.0 Å². The predicted octanol–water partition coefficient (Wildman–Crippen LogP) is 0.527. The second kappa shape index (κ2) is 5.24. The topological polar surface area (TPSA) is 102 Å². The molecule has 102 valence electrons. The molecule has 0 unspecified atom stereocenters. The smallest absolute Gasteiger partial charge is 0.407 e. The Morgan fingerprint density at radius 2 is 2.06 bits per heavy atom. The van der Waals surface area contributed by atoms with Gasteiger partial charge in [0.1, 0.15) is 18.1 Å². The Kier molecular flexibility index (Phi) is 4.15. The summed E-state index contributed by atoms with van der Waals surface area (Å²) in [6.45, 7) is 4.83. The Bertz CT molecular complexity index is 359. The number of amides is 1. The summed E-state index contributed by atoms with van der Waals surface area (Å²) in [4.78, 5) is 33.6. The average molecular weight is 259 g/mol. The fourth-order valence-electron chi connectivity index (χ4n) is 1.53. The third kappa shape index (κ3) is 4.23. The minimum Gasteiger partial charge on any atom is -0.481 e. The Balaban J connectivity index is 2.63. The molecule has 1 saturated heterocycles. The predicted molar refractivity (Wildman–Crippen MR) is 59.9 cm³/mol. The molecule has 18 heavy (non-hydrogen) atoms. The van der Waals surface area contributed by atoms with Crippen molar-refractivity contribution in [1.82, 2.24) is 5.32 Å². The first-order chi connectivity index (χ1) is 8.19. The maximum atomic E-state index is 11.5. The molecule has 1 rings (SSSR count). The molecule has 1 amide bonds. The molecule has 0 spiro atoms. The molecule has 0 bridgehead atoms. The summed E-state index contributed by atoms with van der Waals surface area (Å²) in [6, 6.07) is -0.807. The normalized spacial score (nSPS) is 24.1. The van der Waals surface area contributed by atoms with Crippen LogP contribution in [0, 0.1) is 5.92 Å². The number of cyclic esters (lactones) is 1. The number of hydrogen-bond acceptors (Lipinski definition) is 5. The second-order valence-corrected chi connectivity index (χ2v) is 5.08. The molecule has 0 saturated carbocycles. The van der Waals surface area contributed by atoms with Crippen LogP contribution < -0.4 is 5.32 Å². The highest BCUT2D eigenvalue weighted by Crippen LogP contribution is 2.17. The zero-order valence-corrected chi connectivity index (χ0v) is 10.6. The maximum Gasteiger partial charge on any atom is 0.407 e. The van der Waals surface area contributed by atoms with Gasteiger partial charge in [0.15, 0.2) is 0 Å². The van der Waals surface area contributed by atoms with Crippen LogP contribution in [0.4, 0.5) is 4.79 Å². The lowest BCUT2D eigenvalue weighted by atomic mass is 9.96. The number of alkyl carbamates (subject to hydrolysis) is 1. The fourth-order valence-corrected chi connectivity index (χ4v) is 1.53. The zero-order chi connectivity index (χ0) is 13.9. The number of nitrogens with one attached hydrogen (secondary N) is 1. The standard InChI is InChI=1S/C11H17NO6/c1-11(2,3)18-10(16)12-7-4-8(13)17-5-6(7)9(14)15/h6-7H,4-5H2,1-3H3,(H,12,16)(H,14,15)/t6-,7-/m1/s1. The van der Waals surface area contributed by atoms with Gasteiger partial charge >= 0.3 is 18.0 Å². The fraction of sp³-hybridized carbons (Fsp3) is 0.727. The average Bonchev–Trinajstić information content (AvgIpc) is 2.13. The molecular formula is C11H17NO6. The number of rotatable bonds is 2. The van der Waals surface area contributed by atoms with Crippen LogP contribution in [0.1, 0.15) is 27.2 Å². The molecule has 0 aromatic carbocycles. The van der Waals surface area contributed by atoms with E-state index in [1.54, 1.807) is 20.8 Å². The van der Waals surface area contributed by atoms with E-state index in [0.29, 0.717) is 0 Å². The highest BCUT2D eigenvalue weighted by atomic mass is 16.6. The summed E-state index contributed by atoms with van der Waals surface area (Å²) in [5, 5.41) is 11.4. The van der Waals surface area contributed by atoms with E-state index in [0.717, 1.165) is 0 Å². The third-order valence-electron chi connectivity index (χ3n) is 2.32. The van der Waals surface area contributed by atoms with Crippen molar-refractivity contribution in [1.29, 1.82) is 0 Å². The van der Waals surface area contributed by atoms with Crippen LogP contribution in [0.15, 0.2) is 0 Å². The van der Waals surface area contributed by atoms with Crippen LogP contribution in [-0.2, 0) is 19.1 Å². The van der Waals surface area contributed by atoms with Gasteiger partial charge < -0.3 is 19.9 Å². The van der Waals surface area contributed by atoms with Gasteiger partial charge in [0, 0.05) is 0 Å². The van der Waals surface area contributed by atoms with E-state index in [1.165, 1.54) is 0 Å². The molecule has 0 aromatic heterocycles. The van der Waals surface area contributed by atoms with E-state index in [-0.39, 0.29) is 13.0 Å². The number of carbonyl (C=O) groups excluding carboxylic acids is 2. The molecular weight excluding hydrogens is 242 g/mol. The number of carbonyl (C=O) groups is 3. The molecule has 2 atom stereocenters. The first kappa shape index (κ1) is 14.3. The largest absolute Gasteiger partial charge is 0.481 e. The van der Waals surface area contributed by atoms with E-state index in [1.807, 2.05) is 0 Å². The molecule has 1 heterocycles. The number of ether oxygens (including phenoxy) is 2. The minimum atomic E-state index is -1.12. The first-order valence-electron chi connectivity index (χ1n) is 5.57. The van der Waals surface area contributed by atoms with Crippen LogP contribution in [0.5, 0.6) is 0 Å². The van der Waals surface area contributed by atoms with E-state index in [2.05, 4.69) is 10.1 Å². The van der Waals surface area contributed by atoms with Crippen molar-refractivity contribution in [2.24, 2.45) is 5.92 Å². The Labute approximate surface area is 104 Å². The Morgan fingerprint density at radius 1 is 1.44 bits per heavy atom. The van der Waals surface area contributed by atoms with Gasteiger partial charge in [0.05, 0.1) is 12.5 Å². The zero-order valence-electron chi connectivity index (χ0n) is 10.6. The maximum absolute atomic E-state index is 11.5. The van der Waals surface area contributed by atoms with E-state index in [4.69, 9.17) is 9.84 Å². The number of carboxylic acid groups (broad SMARTS) is 1. The van der Waals surface area contributed by atoms with Crippen LogP contribution in [0.25, 0.3) is 0 Å². The molecule has 7 heteroatoms. The van der Waals surface area contributed by atoms with Gasteiger partial charge in [-0.25, -0.2) is 4.79 Å². The van der Waals surface area contributed by atoms with Crippen molar-refractivity contribution in [2.75, 3.05) is 6.61 Å². The number of carboxylic acids is 1. The number of aliphatic carboxylic acids is 1. The third-order valence-corrected chi connectivity index (χ3v) is 2.32. The van der Waals surface area contributed by atoms with Gasteiger partial charge in [-0.2, -0.15) is 0 Å². The summed E-state index contributed by atoms with van der Waals surface area (Å²) in [5.74, 6) is -2.60. The molecule has 1 aliphatic rings.